The average molecular weight is 571 g/mol. The number of hydrogen-bond acceptors (Lipinski definition) is 4. The van der Waals surface area contributed by atoms with Crippen LogP contribution in [0.15, 0.2) is 0 Å². The Labute approximate surface area is 244 Å². The van der Waals surface area contributed by atoms with Crippen molar-refractivity contribution < 1.29 is 9.59 Å². The summed E-state index contributed by atoms with van der Waals surface area (Å²) in [6.07, 6.45) is 15.6. The van der Waals surface area contributed by atoms with E-state index in [4.69, 9.17) is 24.4 Å². The van der Waals surface area contributed by atoms with Crippen LogP contribution < -0.4 is 21.3 Å². The summed E-state index contributed by atoms with van der Waals surface area (Å²) in [5.41, 5.74) is -0.161. The second kappa shape index (κ2) is 9.64. The Morgan fingerprint density at radius 2 is 1.26 bits per heavy atom. The number of thiocarbonyl (C=S) groups is 2. The van der Waals surface area contributed by atoms with Gasteiger partial charge in [-0.1, -0.05) is 13.8 Å². The molecule has 8 bridgehead atoms. The molecule has 9 rings (SSSR count). The molecule has 9 saturated carbocycles. The molecule has 0 aliphatic heterocycles. The van der Waals surface area contributed by atoms with Crippen LogP contribution in [0.1, 0.15) is 97.3 Å². The normalized spacial score (nSPS) is 45.8. The van der Waals surface area contributed by atoms with E-state index in [1.165, 1.54) is 70.6 Å². The van der Waals surface area contributed by atoms with Crippen molar-refractivity contribution in [2.24, 2.45) is 58.7 Å². The van der Waals surface area contributed by atoms with Crippen LogP contribution in [0.25, 0.3) is 0 Å². The summed E-state index contributed by atoms with van der Waals surface area (Å²) in [6, 6.07) is 0.426. The minimum Gasteiger partial charge on any atom is -0.359 e. The Kier molecular flexibility index (Phi) is 6.58. The van der Waals surface area contributed by atoms with E-state index in [0.717, 1.165) is 29.6 Å². The first-order valence-corrected chi connectivity index (χ1v) is 16.6. The lowest BCUT2D eigenvalue weighted by Gasteiger charge is -2.57. The summed E-state index contributed by atoms with van der Waals surface area (Å²) in [4.78, 5) is 26.1. The maximum absolute atomic E-state index is 13.2. The van der Waals surface area contributed by atoms with Gasteiger partial charge in [0.15, 0.2) is 10.2 Å². The third kappa shape index (κ3) is 4.93. The van der Waals surface area contributed by atoms with E-state index >= 15 is 0 Å². The number of carbonyl (C=O) groups is 2. The Morgan fingerprint density at radius 3 is 1.79 bits per heavy atom. The first-order chi connectivity index (χ1) is 18.5. The fourth-order valence-corrected chi connectivity index (χ4v) is 11.9. The standard InChI is InChI=1S/C31H46N4O2S2/c1-30(2)23(12-25(36)32-28(38)33-26-21-7-16-3-17(9-21)10-22(26)8-16)11-24(30)27(37)34-29(39)35-31-13-18-4-19(14-31)6-20(5-18)15-31/h16-24,26H,3-15H2,1-2H3,(H2,32,33,36,38)(H2,34,35,37,39)/t16?,17?,18?,19?,20?,21?,22?,23-,24-,26?,31?/m1/s1. The minimum absolute atomic E-state index is 0.00189. The van der Waals surface area contributed by atoms with Crippen LogP contribution in [-0.4, -0.2) is 33.6 Å². The summed E-state index contributed by atoms with van der Waals surface area (Å²) in [7, 11) is 0. The Morgan fingerprint density at radius 1 is 0.718 bits per heavy atom. The summed E-state index contributed by atoms with van der Waals surface area (Å²) < 4.78 is 0. The van der Waals surface area contributed by atoms with Crippen LogP contribution >= 0.6 is 24.4 Å². The lowest BCUT2D eigenvalue weighted by atomic mass is 9.53. The highest BCUT2D eigenvalue weighted by Crippen LogP contribution is 2.56. The van der Waals surface area contributed by atoms with Gasteiger partial charge in [0.25, 0.3) is 0 Å². The summed E-state index contributed by atoms with van der Waals surface area (Å²) in [5.74, 6) is 5.73. The highest BCUT2D eigenvalue weighted by molar-refractivity contribution is 7.80. The van der Waals surface area contributed by atoms with Gasteiger partial charge >= 0.3 is 0 Å². The van der Waals surface area contributed by atoms with Gasteiger partial charge in [-0.2, -0.15) is 0 Å². The topological polar surface area (TPSA) is 82.3 Å². The number of nitrogens with one attached hydrogen (secondary N) is 4. The quantitative estimate of drug-likeness (QED) is 0.355. The molecule has 0 aromatic rings. The molecule has 0 spiro atoms. The molecule has 0 radical (unpaired) electrons. The molecular weight excluding hydrogens is 525 g/mol. The molecule has 0 unspecified atom stereocenters. The van der Waals surface area contributed by atoms with Crippen molar-refractivity contribution in [1.82, 2.24) is 21.3 Å². The largest absolute Gasteiger partial charge is 0.359 e. The zero-order valence-corrected chi connectivity index (χ0v) is 25.2. The van der Waals surface area contributed by atoms with Crippen molar-refractivity contribution in [1.29, 1.82) is 0 Å². The third-order valence-electron chi connectivity index (χ3n) is 12.6. The van der Waals surface area contributed by atoms with Gasteiger partial charge in [-0.3, -0.25) is 9.59 Å². The average Bonchev–Trinajstić information content (AvgIpc) is 2.82. The monoisotopic (exact) mass is 570 g/mol. The first-order valence-electron chi connectivity index (χ1n) is 15.8. The van der Waals surface area contributed by atoms with Crippen molar-refractivity contribution in [2.45, 2.75) is 109 Å². The Hall–Kier alpha value is -1.28. The van der Waals surface area contributed by atoms with Gasteiger partial charge < -0.3 is 21.3 Å². The van der Waals surface area contributed by atoms with Crippen LogP contribution in [0.4, 0.5) is 0 Å². The molecule has 9 aliphatic carbocycles. The number of hydrogen-bond donors (Lipinski definition) is 4. The molecule has 8 heteroatoms. The molecule has 0 heterocycles. The third-order valence-corrected chi connectivity index (χ3v) is 13.1. The van der Waals surface area contributed by atoms with Gasteiger partial charge in [-0.25, -0.2) is 0 Å². The van der Waals surface area contributed by atoms with Crippen LogP contribution in [0.2, 0.25) is 0 Å². The Bertz CT molecular complexity index is 1010. The summed E-state index contributed by atoms with van der Waals surface area (Å²) in [5, 5.41) is 14.2. The zero-order valence-electron chi connectivity index (χ0n) is 23.6. The zero-order chi connectivity index (χ0) is 27.1. The van der Waals surface area contributed by atoms with E-state index in [0.29, 0.717) is 40.9 Å². The van der Waals surface area contributed by atoms with Gasteiger partial charge in [-0.15, -0.1) is 0 Å². The highest BCUT2D eigenvalue weighted by Gasteiger charge is 2.54. The van der Waals surface area contributed by atoms with E-state index < -0.39 is 0 Å². The van der Waals surface area contributed by atoms with Gasteiger partial charge in [-0.05, 0) is 154 Å². The molecule has 214 valence electrons. The van der Waals surface area contributed by atoms with E-state index in [-0.39, 0.29) is 34.6 Å². The molecule has 9 fully saturated rings. The molecule has 2 atom stereocenters. The van der Waals surface area contributed by atoms with Gasteiger partial charge in [0.05, 0.1) is 0 Å². The highest BCUT2D eigenvalue weighted by atomic mass is 32.1. The van der Waals surface area contributed by atoms with Crippen molar-refractivity contribution in [3.8, 4) is 0 Å². The maximum Gasteiger partial charge on any atom is 0.229 e. The van der Waals surface area contributed by atoms with Crippen molar-refractivity contribution in [2.75, 3.05) is 0 Å². The number of rotatable bonds is 5. The van der Waals surface area contributed by atoms with Crippen LogP contribution in [0, 0.1) is 58.7 Å². The molecule has 0 saturated heterocycles. The second-order valence-electron chi connectivity index (χ2n) is 15.6. The fourth-order valence-electron chi connectivity index (χ4n) is 11.3. The van der Waals surface area contributed by atoms with Crippen LogP contribution in [0.5, 0.6) is 0 Å². The number of amides is 2. The van der Waals surface area contributed by atoms with Crippen molar-refractivity contribution >= 4 is 46.5 Å². The first kappa shape index (κ1) is 26.6. The predicted molar refractivity (Wildman–Crippen MR) is 159 cm³/mol. The maximum atomic E-state index is 13.2. The SMILES string of the molecule is CC1(C)[C@@H](CC(=O)NC(=S)NC2C3CC4CC(C3)CC2C4)C[C@@H]1C(=O)NC(=S)NC12CC3CC(CC(C3)C1)C2. The molecule has 2 amide bonds. The molecule has 6 nitrogen and oxygen atoms in total. The Balaban J connectivity index is 0.868. The molecule has 4 N–H and O–H groups in total. The minimum atomic E-state index is -0.256. The molecule has 9 aliphatic rings. The molecule has 39 heavy (non-hydrogen) atoms. The van der Waals surface area contributed by atoms with E-state index in [9.17, 15) is 9.59 Å². The van der Waals surface area contributed by atoms with E-state index in [1.54, 1.807) is 0 Å². The molecule has 0 aromatic heterocycles. The lowest BCUT2D eigenvalue weighted by Crippen LogP contribution is -2.63. The van der Waals surface area contributed by atoms with E-state index in [2.05, 4.69) is 35.1 Å². The predicted octanol–water partition coefficient (Wildman–Crippen LogP) is 4.81. The summed E-state index contributed by atoms with van der Waals surface area (Å²) >= 11 is 11.2. The second-order valence-corrected chi connectivity index (χ2v) is 16.4. The van der Waals surface area contributed by atoms with Crippen LogP contribution in [0.3, 0.4) is 0 Å². The summed E-state index contributed by atoms with van der Waals surface area (Å²) in [6.45, 7) is 4.22. The van der Waals surface area contributed by atoms with Gasteiger partial charge in [0, 0.05) is 23.9 Å². The van der Waals surface area contributed by atoms with Crippen molar-refractivity contribution in [3.63, 3.8) is 0 Å². The van der Waals surface area contributed by atoms with Crippen LogP contribution in [-0.2, 0) is 9.59 Å². The lowest BCUT2D eigenvalue weighted by molar-refractivity contribution is -0.143. The smallest absolute Gasteiger partial charge is 0.229 e. The van der Waals surface area contributed by atoms with Gasteiger partial charge in [0.1, 0.15) is 0 Å². The number of carbonyl (C=O) groups excluding carboxylic acids is 2. The molecular formula is C31H46N4O2S2. The van der Waals surface area contributed by atoms with E-state index in [1.807, 2.05) is 0 Å². The fraction of sp³-hybridized carbons (Fsp3) is 0.871. The molecule has 0 aromatic carbocycles. The van der Waals surface area contributed by atoms with Crippen molar-refractivity contribution in [3.05, 3.63) is 0 Å². The van der Waals surface area contributed by atoms with Gasteiger partial charge in [0.2, 0.25) is 11.8 Å².